The van der Waals surface area contributed by atoms with Crippen molar-refractivity contribution in [2.45, 2.75) is 25.9 Å². The van der Waals surface area contributed by atoms with Gasteiger partial charge in [-0.1, -0.05) is 36.4 Å². The van der Waals surface area contributed by atoms with Crippen LogP contribution in [0.2, 0.25) is 0 Å². The topological polar surface area (TPSA) is 84.9 Å². The molecule has 1 heterocycles. The van der Waals surface area contributed by atoms with Gasteiger partial charge in [0.1, 0.15) is 12.4 Å². The van der Waals surface area contributed by atoms with Gasteiger partial charge in [-0.15, -0.1) is 0 Å². The zero-order valence-corrected chi connectivity index (χ0v) is 19.3. The predicted molar refractivity (Wildman–Crippen MR) is 123 cm³/mol. The van der Waals surface area contributed by atoms with Gasteiger partial charge in [-0.3, -0.25) is 0 Å². The number of aromatic hydroxyl groups is 1. The van der Waals surface area contributed by atoms with Crippen molar-refractivity contribution in [1.82, 2.24) is 5.32 Å². The van der Waals surface area contributed by atoms with E-state index in [-0.39, 0.29) is 40.5 Å². The van der Waals surface area contributed by atoms with Crippen molar-refractivity contribution >= 4 is 18.0 Å². The second-order valence-corrected chi connectivity index (χ2v) is 7.80. The van der Waals surface area contributed by atoms with Gasteiger partial charge >= 0.3 is 18.1 Å². The molecule has 1 aliphatic heterocycles. The Balaban J connectivity index is 1.98. The van der Waals surface area contributed by atoms with Gasteiger partial charge in [0.2, 0.25) is 0 Å². The summed E-state index contributed by atoms with van der Waals surface area (Å²) in [5.74, 6) is -2.98. The summed E-state index contributed by atoms with van der Waals surface area (Å²) in [7, 11) is 1.12. The first kappa shape index (κ1) is 25.6. The minimum Gasteiger partial charge on any atom is -0.508 e. The van der Waals surface area contributed by atoms with Crippen LogP contribution < -0.4 is 5.32 Å². The van der Waals surface area contributed by atoms with Gasteiger partial charge < -0.3 is 19.9 Å². The van der Waals surface area contributed by atoms with Crippen molar-refractivity contribution in [2.75, 3.05) is 13.7 Å². The van der Waals surface area contributed by atoms with Gasteiger partial charge in [-0.2, -0.15) is 13.2 Å². The minimum atomic E-state index is -4.72. The fourth-order valence-electron chi connectivity index (χ4n) is 3.93. The Morgan fingerprint density at radius 1 is 1.00 bits per heavy atom. The number of hydrogen-bond donors (Lipinski definition) is 2. The minimum absolute atomic E-state index is 0.107. The molecule has 0 fully saturated rings. The van der Waals surface area contributed by atoms with E-state index >= 15 is 0 Å². The first-order valence-electron chi connectivity index (χ1n) is 10.6. The molecule has 1 aliphatic rings. The van der Waals surface area contributed by atoms with Gasteiger partial charge in [-0.05, 0) is 49.2 Å². The highest BCUT2D eigenvalue weighted by Crippen LogP contribution is 2.44. The Labute approximate surface area is 200 Å². The average Bonchev–Trinajstić information content (AvgIpc) is 2.81. The van der Waals surface area contributed by atoms with Crippen LogP contribution in [0.4, 0.5) is 13.2 Å². The molecule has 0 aromatic heterocycles. The van der Waals surface area contributed by atoms with Crippen molar-refractivity contribution < 1.29 is 37.3 Å². The molecule has 2 aromatic carbocycles. The van der Waals surface area contributed by atoms with Gasteiger partial charge in [0.15, 0.2) is 0 Å². The zero-order chi connectivity index (χ0) is 25.8. The molecule has 0 bridgehead atoms. The van der Waals surface area contributed by atoms with Crippen LogP contribution in [-0.4, -0.2) is 30.8 Å². The zero-order valence-electron chi connectivity index (χ0n) is 19.3. The van der Waals surface area contributed by atoms with Crippen LogP contribution in [0.3, 0.4) is 0 Å². The molecule has 0 amide bonds. The molecule has 9 heteroatoms. The number of phenolic OH excluding ortho intramolecular Hbond substituents is 1. The molecule has 6 nitrogen and oxygen atoms in total. The number of ether oxygens (including phenoxy) is 2. The number of benzene rings is 2. The lowest BCUT2D eigenvalue weighted by Crippen LogP contribution is -2.33. The summed E-state index contributed by atoms with van der Waals surface area (Å²) < 4.78 is 51.8. The standard InChI is InChI=1S/C26H24F3NO5/c1-15-21(24(32)34-3)23(19-8-4-5-9-20(19)26(27,28)29)22(16(2)30-15)25(33)35-14-6-7-17-10-12-18(31)13-11-17/h4-13,23,30-31H,14H2,1-3H3. The highest BCUT2D eigenvalue weighted by Gasteiger charge is 2.43. The first-order valence-corrected chi connectivity index (χ1v) is 10.6. The first-order chi connectivity index (χ1) is 16.5. The number of carbonyl (C=O) groups is 2. The maximum Gasteiger partial charge on any atom is 0.416 e. The molecular formula is C26H24F3NO5. The predicted octanol–water partition coefficient (Wildman–Crippen LogP) is 5.08. The van der Waals surface area contributed by atoms with E-state index < -0.39 is 29.6 Å². The normalized spacial score (nSPS) is 16.3. The van der Waals surface area contributed by atoms with E-state index in [1.54, 1.807) is 24.3 Å². The van der Waals surface area contributed by atoms with Gasteiger partial charge in [0.25, 0.3) is 0 Å². The summed E-state index contributed by atoms with van der Waals surface area (Å²) in [6, 6.07) is 11.1. The molecule has 3 rings (SSSR count). The lowest BCUT2D eigenvalue weighted by atomic mass is 9.78. The number of allylic oxidation sites excluding steroid dienone is 2. The molecule has 2 N–H and O–H groups in total. The summed E-state index contributed by atoms with van der Waals surface area (Å²) in [6.07, 6.45) is -1.50. The molecule has 35 heavy (non-hydrogen) atoms. The van der Waals surface area contributed by atoms with E-state index in [9.17, 15) is 27.9 Å². The van der Waals surface area contributed by atoms with Crippen LogP contribution in [0, 0.1) is 0 Å². The Bertz CT molecular complexity index is 1210. The lowest BCUT2D eigenvalue weighted by molar-refractivity contribution is -0.141. The van der Waals surface area contributed by atoms with Crippen LogP contribution >= 0.6 is 0 Å². The Hall–Kier alpha value is -4.01. The quantitative estimate of drug-likeness (QED) is 0.553. The fraction of sp³-hybridized carbons (Fsp3) is 0.231. The number of rotatable bonds is 6. The average molecular weight is 487 g/mol. The van der Waals surface area contributed by atoms with E-state index in [1.165, 1.54) is 44.2 Å². The largest absolute Gasteiger partial charge is 0.508 e. The van der Waals surface area contributed by atoms with Crippen molar-refractivity contribution in [1.29, 1.82) is 0 Å². The molecule has 184 valence electrons. The van der Waals surface area contributed by atoms with Gasteiger partial charge in [-0.25, -0.2) is 9.59 Å². The maximum absolute atomic E-state index is 13.9. The monoisotopic (exact) mass is 487 g/mol. The third-order valence-electron chi connectivity index (χ3n) is 5.48. The van der Waals surface area contributed by atoms with Crippen LogP contribution in [0.15, 0.2) is 77.1 Å². The molecule has 0 aliphatic carbocycles. The third-order valence-corrected chi connectivity index (χ3v) is 5.48. The number of methoxy groups -OCH3 is 1. The van der Waals surface area contributed by atoms with Crippen molar-refractivity contribution in [2.24, 2.45) is 0 Å². The summed E-state index contributed by atoms with van der Waals surface area (Å²) >= 11 is 0. The highest BCUT2D eigenvalue weighted by molar-refractivity contribution is 6.00. The van der Waals surface area contributed by atoms with E-state index in [4.69, 9.17) is 9.47 Å². The van der Waals surface area contributed by atoms with Crippen molar-refractivity contribution in [3.8, 4) is 5.75 Å². The second kappa shape index (κ2) is 10.5. The number of dihydropyridines is 1. The number of hydrogen-bond acceptors (Lipinski definition) is 6. The van der Waals surface area contributed by atoms with Crippen LogP contribution in [0.1, 0.15) is 36.5 Å². The summed E-state index contributed by atoms with van der Waals surface area (Å²) in [5, 5.41) is 12.2. The number of esters is 2. The van der Waals surface area contributed by atoms with Gasteiger partial charge in [0.05, 0.1) is 29.7 Å². The maximum atomic E-state index is 13.9. The molecule has 0 radical (unpaired) electrons. The SMILES string of the molecule is COC(=O)C1=C(C)NC(C)=C(C(=O)OCC=Cc2ccc(O)cc2)C1c1ccccc1C(F)(F)F. The highest BCUT2D eigenvalue weighted by atomic mass is 19.4. The molecule has 2 aromatic rings. The van der Waals surface area contributed by atoms with E-state index in [0.717, 1.165) is 18.7 Å². The molecule has 0 saturated heterocycles. The van der Waals surface area contributed by atoms with Crippen molar-refractivity contribution in [3.63, 3.8) is 0 Å². The molecule has 0 saturated carbocycles. The molecular weight excluding hydrogens is 463 g/mol. The number of phenols is 1. The van der Waals surface area contributed by atoms with Crippen LogP contribution in [-0.2, 0) is 25.2 Å². The summed E-state index contributed by atoms with van der Waals surface area (Å²) in [4.78, 5) is 25.8. The molecule has 1 atom stereocenters. The summed E-state index contributed by atoms with van der Waals surface area (Å²) in [6.45, 7) is 2.89. The fourth-order valence-corrected chi connectivity index (χ4v) is 3.93. The summed E-state index contributed by atoms with van der Waals surface area (Å²) in [5.41, 5.74) is -0.160. The van der Waals surface area contributed by atoms with E-state index in [1.807, 2.05) is 0 Å². The second-order valence-electron chi connectivity index (χ2n) is 7.80. The van der Waals surface area contributed by atoms with E-state index in [0.29, 0.717) is 0 Å². The van der Waals surface area contributed by atoms with E-state index in [2.05, 4.69) is 5.32 Å². The van der Waals surface area contributed by atoms with Crippen LogP contribution in [0.5, 0.6) is 5.75 Å². The number of carbonyl (C=O) groups excluding carboxylic acids is 2. The smallest absolute Gasteiger partial charge is 0.416 e. The van der Waals surface area contributed by atoms with Crippen molar-refractivity contribution in [3.05, 3.63) is 93.8 Å². The molecule has 1 unspecified atom stereocenters. The number of halogens is 3. The number of alkyl halides is 3. The number of nitrogens with one attached hydrogen (secondary N) is 1. The Morgan fingerprint density at radius 3 is 2.20 bits per heavy atom. The Kier molecular flexibility index (Phi) is 7.68. The van der Waals surface area contributed by atoms with Crippen LogP contribution in [0.25, 0.3) is 6.08 Å². The third kappa shape index (κ3) is 5.74. The van der Waals surface area contributed by atoms with Gasteiger partial charge in [0, 0.05) is 11.4 Å². The lowest BCUT2D eigenvalue weighted by Gasteiger charge is -2.31. The Morgan fingerprint density at radius 2 is 1.60 bits per heavy atom. The molecule has 0 spiro atoms.